The Balaban J connectivity index is 2.21. The van der Waals surface area contributed by atoms with Gasteiger partial charge in [-0.1, -0.05) is 26.1 Å². The van der Waals surface area contributed by atoms with Gasteiger partial charge in [-0.05, 0) is 38.0 Å². The fourth-order valence-electron chi connectivity index (χ4n) is 2.96. The van der Waals surface area contributed by atoms with Gasteiger partial charge in [0.2, 0.25) is 0 Å². The Morgan fingerprint density at radius 3 is 2.71 bits per heavy atom. The number of nitrogens with one attached hydrogen (secondary N) is 1. The molecule has 1 amide bonds. The quantitative estimate of drug-likeness (QED) is 0.834. The van der Waals surface area contributed by atoms with Gasteiger partial charge in [-0.3, -0.25) is 9.48 Å². The van der Waals surface area contributed by atoms with Gasteiger partial charge < -0.3 is 11.1 Å². The van der Waals surface area contributed by atoms with Crippen molar-refractivity contribution in [1.82, 2.24) is 15.1 Å². The van der Waals surface area contributed by atoms with Crippen LogP contribution in [-0.2, 0) is 13.5 Å². The Bertz CT molecular complexity index is 544. The lowest BCUT2D eigenvalue weighted by atomic mass is 9.77. The number of thiocarbonyl (C=S) groups is 1. The van der Waals surface area contributed by atoms with Gasteiger partial charge in [0.05, 0.1) is 21.8 Å². The summed E-state index contributed by atoms with van der Waals surface area (Å²) >= 11 is 5.24. The van der Waals surface area contributed by atoms with Crippen molar-refractivity contribution in [3.05, 3.63) is 17.5 Å². The number of rotatable bonds is 4. The summed E-state index contributed by atoms with van der Waals surface area (Å²) in [7, 11) is 1.82. The highest BCUT2D eigenvalue weighted by Crippen LogP contribution is 2.32. The van der Waals surface area contributed by atoms with E-state index in [9.17, 15) is 4.79 Å². The summed E-state index contributed by atoms with van der Waals surface area (Å²) in [5.41, 5.74) is 6.83. The number of hydrogen-bond donors (Lipinski definition) is 2. The standard InChI is InChI=1S/C15H24N4OS/c1-4-12-11(9-19(3)18-12)13(20)17-15(14(16)21)7-5-10(2)6-8-15/h9-10H,4-8H2,1-3H3,(H2,16,21)(H,17,20). The molecule has 0 aromatic carbocycles. The van der Waals surface area contributed by atoms with Crippen molar-refractivity contribution >= 4 is 23.1 Å². The molecule has 1 aliphatic rings. The molecule has 6 heteroatoms. The summed E-state index contributed by atoms with van der Waals surface area (Å²) in [6.45, 7) is 4.21. The monoisotopic (exact) mass is 308 g/mol. The summed E-state index contributed by atoms with van der Waals surface area (Å²) in [5.74, 6) is 0.538. The van der Waals surface area contributed by atoms with Crippen molar-refractivity contribution in [2.75, 3.05) is 0 Å². The minimum absolute atomic E-state index is 0.123. The van der Waals surface area contributed by atoms with Crippen LogP contribution in [0.5, 0.6) is 0 Å². The van der Waals surface area contributed by atoms with Gasteiger partial charge in [0.15, 0.2) is 0 Å². The Morgan fingerprint density at radius 2 is 2.19 bits per heavy atom. The smallest absolute Gasteiger partial charge is 0.255 e. The molecule has 21 heavy (non-hydrogen) atoms. The minimum atomic E-state index is -0.542. The number of nitrogens with zero attached hydrogens (tertiary/aromatic N) is 2. The van der Waals surface area contributed by atoms with Crippen LogP contribution in [0.1, 0.15) is 55.6 Å². The Hall–Kier alpha value is -1.43. The summed E-state index contributed by atoms with van der Waals surface area (Å²) in [6, 6.07) is 0. The topological polar surface area (TPSA) is 72.9 Å². The van der Waals surface area contributed by atoms with Crippen molar-refractivity contribution in [2.45, 2.75) is 51.5 Å². The molecule has 116 valence electrons. The first kappa shape index (κ1) is 15.9. The molecule has 0 radical (unpaired) electrons. The molecule has 1 heterocycles. The first-order valence-corrected chi connectivity index (χ1v) is 7.93. The second kappa shape index (κ2) is 6.13. The third-order valence-corrected chi connectivity index (χ3v) is 4.83. The van der Waals surface area contributed by atoms with Crippen LogP contribution in [0.2, 0.25) is 0 Å². The fourth-order valence-corrected chi connectivity index (χ4v) is 3.21. The van der Waals surface area contributed by atoms with Crippen LogP contribution in [0.25, 0.3) is 0 Å². The molecular formula is C15H24N4OS. The van der Waals surface area contributed by atoms with Crippen LogP contribution in [0.4, 0.5) is 0 Å². The normalized spacial score (nSPS) is 25.6. The first-order chi connectivity index (χ1) is 9.88. The molecule has 1 fully saturated rings. The maximum Gasteiger partial charge on any atom is 0.255 e. The number of hydrogen-bond acceptors (Lipinski definition) is 3. The lowest BCUT2D eigenvalue weighted by Crippen LogP contribution is -2.58. The van der Waals surface area contributed by atoms with E-state index in [4.69, 9.17) is 18.0 Å². The molecule has 1 saturated carbocycles. The third kappa shape index (κ3) is 3.26. The van der Waals surface area contributed by atoms with Gasteiger partial charge in [0.25, 0.3) is 5.91 Å². The van der Waals surface area contributed by atoms with Gasteiger partial charge in [-0.2, -0.15) is 5.10 Å². The van der Waals surface area contributed by atoms with Crippen molar-refractivity contribution in [2.24, 2.45) is 18.7 Å². The largest absolute Gasteiger partial charge is 0.391 e. The van der Waals surface area contributed by atoms with Gasteiger partial charge in [0, 0.05) is 13.2 Å². The molecule has 0 spiro atoms. The van der Waals surface area contributed by atoms with E-state index in [1.54, 1.807) is 10.9 Å². The molecule has 2 rings (SSSR count). The van der Waals surface area contributed by atoms with E-state index in [2.05, 4.69) is 17.3 Å². The van der Waals surface area contributed by atoms with Gasteiger partial charge in [-0.25, -0.2) is 0 Å². The van der Waals surface area contributed by atoms with Gasteiger partial charge in [-0.15, -0.1) is 0 Å². The van der Waals surface area contributed by atoms with Crippen LogP contribution in [-0.4, -0.2) is 26.2 Å². The highest BCUT2D eigenvalue weighted by Gasteiger charge is 2.38. The predicted octanol–water partition coefficient (Wildman–Crippen LogP) is 1.95. The number of aromatic nitrogens is 2. The molecule has 0 saturated heterocycles. The molecule has 1 aromatic heterocycles. The highest BCUT2D eigenvalue weighted by atomic mass is 32.1. The maximum atomic E-state index is 12.6. The van der Waals surface area contributed by atoms with E-state index in [0.717, 1.165) is 37.8 Å². The van der Waals surface area contributed by atoms with Crippen molar-refractivity contribution in [1.29, 1.82) is 0 Å². The molecular weight excluding hydrogens is 284 g/mol. The SMILES string of the molecule is CCc1nn(C)cc1C(=O)NC1(C(N)=S)CCC(C)CC1. The average molecular weight is 308 g/mol. The number of nitrogens with two attached hydrogens (primary N) is 1. The summed E-state index contributed by atoms with van der Waals surface area (Å²) < 4.78 is 1.67. The van der Waals surface area contributed by atoms with E-state index in [-0.39, 0.29) is 5.91 Å². The molecule has 5 nitrogen and oxygen atoms in total. The lowest BCUT2D eigenvalue weighted by Gasteiger charge is -2.39. The van der Waals surface area contributed by atoms with Crippen LogP contribution in [0.3, 0.4) is 0 Å². The van der Waals surface area contributed by atoms with E-state index in [1.165, 1.54) is 0 Å². The van der Waals surface area contributed by atoms with E-state index in [1.807, 2.05) is 14.0 Å². The fraction of sp³-hybridized carbons (Fsp3) is 0.667. The predicted molar refractivity (Wildman–Crippen MR) is 87.2 cm³/mol. The maximum absolute atomic E-state index is 12.6. The van der Waals surface area contributed by atoms with Crippen LogP contribution < -0.4 is 11.1 Å². The van der Waals surface area contributed by atoms with E-state index < -0.39 is 5.54 Å². The summed E-state index contributed by atoms with van der Waals surface area (Å²) in [5, 5.41) is 7.41. The number of amides is 1. The third-order valence-electron chi connectivity index (χ3n) is 4.44. The van der Waals surface area contributed by atoms with Crippen molar-refractivity contribution in [3.8, 4) is 0 Å². The van der Waals surface area contributed by atoms with Gasteiger partial charge in [0.1, 0.15) is 0 Å². The van der Waals surface area contributed by atoms with Crippen LogP contribution in [0.15, 0.2) is 6.20 Å². The second-order valence-electron chi connectivity index (χ2n) is 6.10. The molecule has 0 bridgehead atoms. The van der Waals surface area contributed by atoms with Crippen molar-refractivity contribution in [3.63, 3.8) is 0 Å². The van der Waals surface area contributed by atoms with E-state index >= 15 is 0 Å². The Labute approximate surface area is 131 Å². The summed E-state index contributed by atoms with van der Waals surface area (Å²) in [4.78, 5) is 13.0. The zero-order chi connectivity index (χ0) is 15.6. The molecule has 1 aliphatic carbocycles. The molecule has 3 N–H and O–H groups in total. The first-order valence-electron chi connectivity index (χ1n) is 7.53. The van der Waals surface area contributed by atoms with Gasteiger partial charge >= 0.3 is 0 Å². The Morgan fingerprint density at radius 1 is 1.57 bits per heavy atom. The molecule has 0 aliphatic heterocycles. The second-order valence-corrected chi connectivity index (χ2v) is 6.54. The Kier molecular flexibility index (Phi) is 4.66. The minimum Gasteiger partial charge on any atom is -0.391 e. The van der Waals surface area contributed by atoms with E-state index in [0.29, 0.717) is 16.5 Å². The van der Waals surface area contributed by atoms with Crippen LogP contribution >= 0.6 is 12.2 Å². The average Bonchev–Trinajstić information content (AvgIpc) is 2.82. The highest BCUT2D eigenvalue weighted by molar-refractivity contribution is 7.80. The van der Waals surface area contributed by atoms with Crippen LogP contribution in [0, 0.1) is 5.92 Å². The molecule has 0 unspecified atom stereocenters. The molecule has 0 atom stereocenters. The zero-order valence-electron chi connectivity index (χ0n) is 13.0. The molecule has 1 aromatic rings. The zero-order valence-corrected chi connectivity index (χ0v) is 13.8. The number of carbonyl (C=O) groups is 1. The van der Waals surface area contributed by atoms with Crippen molar-refractivity contribution < 1.29 is 4.79 Å². The number of carbonyl (C=O) groups excluding carboxylic acids is 1. The lowest BCUT2D eigenvalue weighted by molar-refractivity contribution is 0.0899. The summed E-state index contributed by atoms with van der Waals surface area (Å²) in [6.07, 6.45) is 6.18. The number of aryl methyl sites for hydroxylation is 2.